The smallest absolute Gasteiger partial charge is 0.409 e. The molecule has 1 aromatic rings. The van der Waals surface area contributed by atoms with Crippen molar-refractivity contribution < 1.29 is 19.1 Å². The summed E-state index contributed by atoms with van der Waals surface area (Å²) in [7, 11) is 0. The summed E-state index contributed by atoms with van der Waals surface area (Å²) in [5.74, 6) is 0.193. The monoisotopic (exact) mass is 467 g/mol. The summed E-state index contributed by atoms with van der Waals surface area (Å²) in [6, 6.07) is 10.4. The van der Waals surface area contributed by atoms with E-state index in [0.29, 0.717) is 5.92 Å². The first-order valence-electron chi connectivity index (χ1n) is 10.3. The Morgan fingerprint density at radius 3 is 2.31 bits per heavy atom. The number of rotatable bonds is 5. The lowest BCUT2D eigenvalue weighted by molar-refractivity contribution is -0.156. The minimum atomic E-state index is -0.949. The largest absolute Gasteiger partial charge is 0.460 e. The molecule has 0 aromatic heterocycles. The van der Waals surface area contributed by atoms with Gasteiger partial charge in [-0.2, -0.15) is 0 Å². The van der Waals surface area contributed by atoms with Crippen LogP contribution < -0.4 is 5.32 Å². The summed E-state index contributed by atoms with van der Waals surface area (Å²) in [6.07, 6.45) is 2.06. The third kappa shape index (κ3) is 6.73. The number of carbonyl (C=O) groups is 2. The number of nitrogens with one attached hydrogen (secondary N) is 1. The lowest BCUT2D eigenvalue weighted by Gasteiger charge is -2.44. The Balaban J connectivity index is 2.09. The van der Waals surface area contributed by atoms with Crippen LogP contribution in [-0.2, 0) is 19.7 Å². The molecule has 0 spiro atoms. The van der Waals surface area contributed by atoms with Gasteiger partial charge in [-0.25, -0.2) is 9.59 Å². The molecule has 4 atom stereocenters. The summed E-state index contributed by atoms with van der Waals surface area (Å²) in [5, 5.41) is 2.50. The normalized spacial score (nSPS) is 23.8. The van der Waals surface area contributed by atoms with Crippen molar-refractivity contribution in [2.24, 2.45) is 11.8 Å². The SMILES string of the molecule is C[C@@H]1CC[C@@H](C(C)(C)c2ccccc2)[C@H](OC(=O)C(Br)NC(=O)OC(C)(C)C)C1. The van der Waals surface area contributed by atoms with E-state index in [1.165, 1.54) is 5.56 Å². The first-order valence-corrected chi connectivity index (χ1v) is 11.2. The van der Waals surface area contributed by atoms with E-state index in [0.717, 1.165) is 19.3 Å². The number of ether oxygens (including phenoxy) is 2. The number of benzene rings is 1. The molecule has 6 heteroatoms. The number of esters is 1. The molecule has 0 bridgehead atoms. The standard InChI is InChI=1S/C23H34BrNO4/c1-15-12-13-17(23(5,6)16-10-8-7-9-11-16)18(14-15)28-20(26)19(24)25-21(27)29-22(2,3)4/h7-11,15,17-19H,12-14H2,1-6H3,(H,25,27)/t15-,17-,18-,19?/m1/s1. The highest BCUT2D eigenvalue weighted by molar-refractivity contribution is 9.10. The second kappa shape index (κ2) is 9.50. The molecule has 1 aliphatic rings. The summed E-state index contributed by atoms with van der Waals surface area (Å²) in [5.41, 5.74) is 0.472. The molecule has 2 rings (SSSR count). The van der Waals surface area contributed by atoms with Gasteiger partial charge in [0.05, 0.1) is 0 Å². The molecule has 162 valence electrons. The van der Waals surface area contributed by atoms with E-state index >= 15 is 0 Å². The van der Waals surface area contributed by atoms with E-state index < -0.39 is 22.6 Å². The van der Waals surface area contributed by atoms with Crippen LogP contribution in [0.5, 0.6) is 0 Å². The molecule has 0 radical (unpaired) electrons. The molecule has 5 nitrogen and oxygen atoms in total. The van der Waals surface area contributed by atoms with Gasteiger partial charge in [0.25, 0.3) is 0 Å². The van der Waals surface area contributed by atoms with Crippen LogP contribution >= 0.6 is 15.9 Å². The lowest BCUT2D eigenvalue weighted by atomic mass is 9.64. The Hall–Kier alpha value is -1.56. The summed E-state index contributed by atoms with van der Waals surface area (Å²) < 4.78 is 11.1. The number of halogens is 1. The van der Waals surface area contributed by atoms with Crippen molar-refractivity contribution in [3.63, 3.8) is 0 Å². The van der Waals surface area contributed by atoms with Crippen molar-refractivity contribution in [3.8, 4) is 0 Å². The fourth-order valence-corrected chi connectivity index (χ4v) is 4.34. The average molecular weight is 468 g/mol. The first kappa shape index (κ1) is 23.7. The van der Waals surface area contributed by atoms with Gasteiger partial charge >= 0.3 is 12.1 Å². The third-order valence-corrected chi connectivity index (χ3v) is 6.22. The van der Waals surface area contributed by atoms with E-state index in [9.17, 15) is 9.59 Å². The van der Waals surface area contributed by atoms with Gasteiger partial charge in [0.15, 0.2) is 4.95 Å². The minimum Gasteiger partial charge on any atom is -0.460 e. The predicted molar refractivity (Wildman–Crippen MR) is 118 cm³/mol. The van der Waals surface area contributed by atoms with Crippen LogP contribution in [0.15, 0.2) is 30.3 Å². The summed E-state index contributed by atoms with van der Waals surface area (Å²) >= 11 is 3.22. The lowest BCUT2D eigenvalue weighted by Crippen LogP contribution is -2.46. The number of hydrogen-bond donors (Lipinski definition) is 1. The zero-order valence-corrected chi connectivity index (χ0v) is 19.9. The molecule has 1 saturated carbocycles. The first-order chi connectivity index (χ1) is 13.4. The highest BCUT2D eigenvalue weighted by Crippen LogP contribution is 2.43. The number of alkyl carbamates (subject to hydrolysis) is 1. The molecule has 29 heavy (non-hydrogen) atoms. The predicted octanol–water partition coefficient (Wildman–Crippen LogP) is 5.56. The van der Waals surface area contributed by atoms with Crippen molar-refractivity contribution in [1.29, 1.82) is 0 Å². The highest BCUT2D eigenvalue weighted by atomic mass is 79.9. The van der Waals surface area contributed by atoms with Crippen LogP contribution in [0.3, 0.4) is 0 Å². The Morgan fingerprint density at radius 1 is 1.10 bits per heavy atom. The highest BCUT2D eigenvalue weighted by Gasteiger charge is 2.42. The van der Waals surface area contributed by atoms with Crippen LogP contribution in [0.4, 0.5) is 4.79 Å². The van der Waals surface area contributed by atoms with Crippen LogP contribution in [0.1, 0.15) is 66.4 Å². The van der Waals surface area contributed by atoms with Gasteiger partial charge in [0.1, 0.15) is 11.7 Å². The summed E-state index contributed by atoms with van der Waals surface area (Å²) in [4.78, 5) is 23.7. The van der Waals surface area contributed by atoms with E-state index in [1.807, 2.05) is 18.2 Å². The van der Waals surface area contributed by atoms with Crippen molar-refractivity contribution in [3.05, 3.63) is 35.9 Å². The number of carbonyl (C=O) groups excluding carboxylic acids is 2. The van der Waals surface area contributed by atoms with Gasteiger partial charge in [-0.1, -0.05) is 73.5 Å². The topological polar surface area (TPSA) is 64.6 Å². The Kier molecular flexibility index (Phi) is 7.77. The average Bonchev–Trinajstić information content (AvgIpc) is 2.60. The molecule has 0 heterocycles. The molecule has 1 fully saturated rings. The second-order valence-corrected chi connectivity index (χ2v) is 10.5. The summed E-state index contributed by atoms with van der Waals surface area (Å²) in [6.45, 7) is 11.9. The maximum absolute atomic E-state index is 12.7. The van der Waals surface area contributed by atoms with Gasteiger partial charge in [-0.3, -0.25) is 5.32 Å². The fourth-order valence-electron chi connectivity index (χ4n) is 4.05. The molecule has 0 aliphatic heterocycles. The number of alkyl halides is 1. The van der Waals surface area contributed by atoms with Crippen LogP contribution in [-0.4, -0.2) is 28.7 Å². The fraction of sp³-hybridized carbons (Fsp3) is 0.652. The van der Waals surface area contributed by atoms with Crippen molar-refractivity contribution in [2.45, 2.75) is 82.9 Å². The molecule has 0 saturated heterocycles. The maximum Gasteiger partial charge on any atom is 0.409 e. The van der Waals surface area contributed by atoms with Crippen LogP contribution in [0.25, 0.3) is 0 Å². The molecule has 1 aliphatic carbocycles. The molecule has 1 amide bonds. The van der Waals surface area contributed by atoms with Gasteiger partial charge in [0.2, 0.25) is 0 Å². The van der Waals surface area contributed by atoms with Crippen LogP contribution in [0, 0.1) is 11.8 Å². The molecule has 1 unspecified atom stereocenters. The van der Waals surface area contributed by atoms with E-state index in [4.69, 9.17) is 9.47 Å². The third-order valence-electron chi connectivity index (χ3n) is 5.62. The Morgan fingerprint density at radius 2 is 1.72 bits per heavy atom. The molecular formula is C23H34BrNO4. The number of amides is 1. The maximum atomic E-state index is 12.7. The van der Waals surface area contributed by atoms with Gasteiger partial charge in [-0.15, -0.1) is 0 Å². The van der Waals surface area contributed by atoms with Gasteiger partial charge < -0.3 is 9.47 Å². The van der Waals surface area contributed by atoms with E-state index in [2.05, 4.69) is 54.2 Å². The van der Waals surface area contributed by atoms with Gasteiger partial charge in [-0.05, 0) is 50.5 Å². The minimum absolute atomic E-state index is 0.132. The molecule has 1 N–H and O–H groups in total. The van der Waals surface area contributed by atoms with Gasteiger partial charge in [0, 0.05) is 5.92 Å². The van der Waals surface area contributed by atoms with Crippen molar-refractivity contribution >= 4 is 28.0 Å². The second-order valence-electron chi connectivity index (χ2n) is 9.60. The number of hydrogen-bond acceptors (Lipinski definition) is 4. The van der Waals surface area contributed by atoms with Crippen molar-refractivity contribution in [1.82, 2.24) is 5.32 Å². The van der Waals surface area contributed by atoms with E-state index in [-0.39, 0.29) is 17.4 Å². The Bertz CT molecular complexity index is 699. The Labute approximate surface area is 183 Å². The van der Waals surface area contributed by atoms with Crippen molar-refractivity contribution in [2.75, 3.05) is 0 Å². The zero-order valence-electron chi connectivity index (χ0n) is 18.3. The van der Waals surface area contributed by atoms with Crippen LogP contribution in [0.2, 0.25) is 0 Å². The van der Waals surface area contributed by atoms with E-state index in [1.54, 1.807) is 20.8 Å². The zero-order chi connectivity index (χ0) is 21.8. The molecule has 1 aromatic carbocycles. The quantitative estimate of drug-likeness (QED) is 0.349. The molecular weight excluding hydrogens is 434 g/mol.